The maximum absolute atomic E-state index is 11.5. The molecule has 0 aromatic carbocycles. The molecule has 234 valence electrons. The van der Waals surface area contributed by atoms with Crippen molar-refractivity contribution in [3.8, 4) is 5.88 Å². The molecule has 0 radical (unpaired) electrons. The molecule has 11 nitrogen and oxygen atoms in total. The van der Waals surface area contributed by atoms with Gasteiger partial charge in [0.05, 0.1) is 49.9 Å². The van der Waals surface area contributed by atoms with Gasteiger partial charge >= 0.3 is 6.09 Å². The molecule has 1 atom stereocenters. The van der Waals surface area contributed by atoms with Gasteiger partial charge in [-0.3, -0.25) is 19.8 Å². The minimum absolute atomic E-state index is 0.0935. The third-order valence-electron chi connectivity index (χ3n) is 7.36. The van der Waals surface area contributed by atoms with Crippen LogP contribution < -0.4 is 15.4 Å². The molecular weight excluding hydrogens is 593 g/mol. The Morgan fingerprint density at radius 3 is 2.70 bits per heavy atom. The number of hydrogen-bond donors (Lipinski definition) is 3. The first-order valence-electron chi connectivity index (χ1n) is 14.7. The van der Waals surface area contributed by atoms with E-state index in [0.29, 0.717) is 61.8 Å². The van der Waals surface area contributed by atoms with Gasteiger partial charge < -0.3 is 25.2 Å². The number of amides is 1. The van der Waals surface area contributed by atoms with E-state index in [2.05, 4.69) is 36.5 Å². The highest BCUT2D eigenvalue weighted by molar-refractivity contribution is 6.33. The van der Waals surface area contributed by atoms with E-state index in [4.69, 9.17) is 37.7 Å². The molecule has 43 heavy (non-hydrogen) atoms. The zero-order chi connectivity index (χ0) is 30.4. The number of alkyl halides is 1. The molecule has 0 bridgehead atoms. The summed E-state index contributed by atoms with van der Waals surface area (Å²) in [6, 6.07) is 4.02. The number of aromatic nitrogens is 1. The van der Waals surface area contributed by atoms with Crippen LogP contribution in [0.1, 0.15) is 30.5 Å². The number of aliphatic hydroxyl groups is 1. The van der Waals surface area contributed by atoms with E-state index < -0.39 is 6.09 Å². The smallest absolute Gasteiger partial charge is 0.406 e. The van der Waals surface area contributed by atoms with Crippen LogP contribution in [-0.2, 0) is 11.3 Å². The summed E-state index contributed by atoms with van der Waals surface area (Å²) in [5.74, 6) is 1.27. The van der Waals surface area contributed by atoms with E-state index >= 15 is 0 Å². The van der Waals surface area contributed by atoms with E-state index in [1.54, 1.807) is 25.8 Å². The Bertz CT molecular complexity index is 1230. The molecule has 3 aliphatic rings. The summed E-state index contributed by atoms with van der Waals surface area (Å²) in [6.45, 7) is 6.24. The Hall–Kier alpha value is -2.96. The number of ether oxygens (including phenoxy) is 2. The Balaban J connectivity index is 1.50. The second kappa shape index (κ2) is 17.4. The fraction of sp³-hybridized carbons (Fsp3) is 0.533. The first-order valence-corrected chi connectivity index (χ1v) is 15.5. The maximum atomic E-state index is 11.5. The van der Waals surface area contributed by atoms with Crippen molar-refractivity contribution in [2.45, 2.75) is 31.2 Å². The molecule has 1 unspecified atom stereocenters. The minimum atomic E-state index is -0.390. The number of nitrogens with zero attached hydrogens (tertiary/aromatic N) is 5. The molecule has 1 fully saturated rings. The number of aliphatic hydroxyl groups excluding tert-OH is 1. The number of rotatable bonds is 9. The van der Waals surface area contributed by atoms with E-state index in [1.165, 1.54) is 0 Å². The van der Waals surface area contributed by atoms with Gasteiger partial charge in [0.2, 0.25) is 5.88 Å². The van der Waals surface area contributed by atoms with E-state index in [9.17, 15) is 9.90 Å². The normalized spacial score (nSPS) is 21.0. The van der Waals surface area contributed by atoms with Crippen molar-refractivity contribution in [3.63, 3.8) is 0 Å². The van der Waals surface area contributed by atoms with Crippen molar-refractivity contribution >= 4 is 47.4 Å². The van der Waals surface area contributed by atoms with Crippen molar-refractivity contribution < 1.29 is 19.4 Å². The van der Waals surface area contributed by atoms with Gasteiger partial charge in [0, 0.05) is 50.5 Å². The number of β-amino-alcohol motifs (C(OH)–C–C–N with tert-alkyl or cyclic N) is 1. The number of nitrogens with one attached hydrogen (secondary N) is 2. The summed E-state index contributed by atoms with van der Waals surface area (Å²) in [6.07, 6.45) is 10.8. The van der Waals surface area contributed by atoms with Gasteiger partial charge in [-0.05, 0) is 67.6 Å². The number of halogens is 2. The van der Waals surface area contributed by atoms with Crippen LogP contribution in [0.3, 0.4) is 0 Å². The molecule has 2 aliphatic heterocycles. The lowest BCUT2D eigenvalue weighted by molar-refractivity contribution is 0.0955. The monoisotopic (exact) mass is 633 g/mol. The largest absolute Gasteiger partial charge is 0.449 e. The maximum Gasteiger partial charge on any atom is 0.406 e. The van der Waals surface area contributed by atoms with Gasteiger partial charge in [-0.15, -0.1) is 11.6 Å². The van der Waals surface area contributed by atoms with Crippen LogP contribution in [0.25, 0.3) is 5.57 Å². The lowest BCUT2D eigenvalue weighted by Crippen LogP contribution is -2.35. The van der Waals surface area contributed by atoms with Crippen LogP contribution in [0.15, 0.2) is 51.3 Å². The predicted molar refractivity (Wildman–Crippen MR) is 171 cm³/mol. The van der Waals surface area contributed by atoms with E-state index in [0.717, 1.165) is 55.9 Å². The van der Waals surface area contributed by atoms with Crippen molar-refractivity contribution in [2.24, 2.45) is 15.9 Å². The van der Waals surface area contributed by atoms with Crippen LogP contribution >= 0.6 is 23.2 Å². The van der Waals surface area contributed by atoms with E-state index in [-0.39, 0.29) is 12.0 Å². The second-order valence-electron chi connectivity index (χ2n) is 10.7. The number of carbonyl (C=O) groups is 1. The number of pyridine rings is 1. The van der Waals surface area contributed by atoms with Crippen LogP contribution in [0.4, 0.5) is 4.79 Å². The van der Waals surface area contributed by atoms with Crippen molar-refractivity contribution in [1.29, 1.82) is 0 Å². The quantitative estimate of drug-likeness (QED) is 0.354. The Morgan fingerprint density at radius 2 is 1.95 bits per heavy atom. The Morgan fingerprint density at radius 1 is 1.16 bits per heavy atom. The fourth-order valence-corrected chi connectivity index (χ4v) is 5.73. The Labute approximate surface area is 263 Å². The molecule has 3 heterocycles. The highest BCUT2D eigenvalue weighted by Gasteiger charge is 2.22. The van der Waals surface area contributed by atoms with E-state index in [1.807, 2.05) is 18.2 Å². The van der Waals surface area contributed by atoms with Gasteiger partial charge in [-0.1, -0.05) is 11.6 Å². The highest BCUT2D eigenvalue weighted by atomic mass is 35.5. The van der Waals surface area contributed by atoms with Crippen molar-refractivity contribution in [2.75, 3.05) is 66.1 Å². The first kappa shape index (κ1) is 32.9. The standard InChI is InChI=1S/C30H41Cl2N7O4/c1-33-30(41)42-20-22-2-6-39(7-3-22)19-23-12-28(24-14-25(31)16-26(32)15-24)37-29(13-23)43-27-17-34-4-8-38(10-11-40)9-5-35-21-36-18-27/h12-14,16-18,21-22,26,40H,2-11,15,19-20H2,1H3,(H,33,41)(H,35,36). The number of alkyl carbamates (subject to hydrolysis) is 1. The summed E-state index contributed by atoms with van der Waals surface area (Å²) in [5, 5.41) is 15.3. The third-order valence-corrected chi connectivity index (χ3v) is 7.88. The molecule has 1 aromatic rings. The summed E-state index contributed by atoms with van der Waals surface area (Å²) >= 11 is 12.8. The molecule has 1 amide bonds. The number of piperidine rings is 1. The molecule has 3 N–H and O–H groups in total. The average Bonchev–Trinajstić information content (AvgIpc) is 2.98. The number of hydrogen-bond acceptors (Lipinski definition) is 10. The van der Waals surface area contributed by atoms with Crippen molar-refractivity contribution in [3.05, 3.63) is 52.5 Å². The number of likely N-dealkylation sites (tertiary alicyclic amines) is 1. The number of aliphatic imine (C=N–C) groups is 2. The van der Waals surface area contributed by atoms with Crippen LogP contribution in [0.2, 0.25) is 0 Å². The summed E-state index contributed by atoms with van der Waals surface area (Å²) < 4.78 is 11.5. The number of allylic oxidation sites excluding steroid dienone is 5. The molecule has 1 aliphatic carbocycles. The van der Waals surface area contributed by atoms with Crippen LogP contribution in [-0.4, -0.2) is 110 Å². The van der Waals surface area contributed by atoms with Gasteiger partial charge in [-0.2, -0.15) is 0 Å². The first-order chi connectivity index (χ1) is 20.9. The van der Waals surface area contributed by atoms with Crippen LogP contribution in [0, 0.1) is 5.92 Å². The third kappa shape index (κ3) is 11.2. The van der Waals surface area contributed by atoms with Crippen molar-refractivity contribution in [1.82, 2.24) is 25.4 Å². The number of carbonyl (C=O) groups excluding carboxylic acids is 1. The molecule has 1 aromatic heterocycles. The lowest BCUT2D eigenvalue weighted by Gasteiger charge is -2.31. The second-order valence-corrected chi connectivity index (χ2v) is 11.7. The summed E-state index contributed by atoms with van der Waals surface area (Å²) in [5.41, 5.74) is 2.76. The Kier molecular flexibility index (Phi) is 13.3. The molecule has 0 saturated carbocycles. The minimum Gasteiger partial charge on any atom is -0.449 e. The predicted octanol–water partition coefficient (Wildman–Crippen LogP) is 3.38. The highest BCUT2D eigenvalue weighted by Crippen LogP contribution is 2.32. The molecule has 1 saturated heterocycles. The SMILES string of the molecule is CNC(=O)OCC1CCN(Cc2cc(OC3=CNC=NCCN(CCO)CCN=C3)nc(C3=CC(Cl)=CC(Cl)C3)c2)CC1. The van der Waals surface area contributed by atoms with Gasteiger partial charge in [0.15, 0.2) is 5.76 Å². The molecular formula is C30H41Cl2N7O4. The van der Waals surface area contributed by atoms with Gasteiger partial charge in [0.1, 0.15) is 0 Å². The zero-order valence-corrected chi connectivity index (χ0v) is 26.1. The van der Waals surface area contributed by atoms with Gasteiger partial charge in [0.25, 0.3) is 0 Å². The lowest BCUT2D eigenvalue weighted by atomic mass is 9.97. The molecule has 0 spiro atoms. The molecule has 13 heteroatoms. The van der Waals surface area contributed by atoms with Crippen LogP contribution in [0.5, 0.6) is 5.88 Å². The average molecular weight is 635 g/mol. The zero-order valence-electron chi connectivity index (χ0n) is 24.6. The topological polar surface area (TPSA) is 124 Å². The summed E-state index contributed by atoms with van der Waals surface area (Å²) in [4.78, 5) is 29.7. The van der Waals surface area contributed by atoms with Gasteiger partial charge in [-0.25, -0.2) is 9.78 Å². The fourth-order valence-electron chi connectivity index (χ4n) is 5.08. The molecule has 4 rings (SSSR count). The summed E-state index contributed by atoms with van der Waals surface area (Å²) in [7, 11) is 1.57.